The van der Waals surface area contributed by atoms with Crippen LogP contribution in [-0.2, 0) is 21.4 Å². The minimum absolute atomic E-state index is 0.0920. The summed E-state index contributed by atoms with van der Waals surface area (Å²) in [5.74, 6) is 1.17. The number of amides is 1. The number of benzene rings is 2. The number of carbonyl (C=O) groups is 1. The zero-order valence-electron chi connectivity index (χ0n) is 18.3. The Labute approximate surface area is 191 Å². The van der Waals surface area contributed by atoms with Crippen molar-refractivity contribution >= 4 is 33.4 Å². The summed E-state index contributed by atoms with van der Waals surface area (Å²) in [5, 5.41) is 11.9. The maximum absolute atomic E-state index is 12.5. The predicted octanol–water partition coefficient (Wildman–Crippen LogP) is 2.95. The number of anilines is 1. The van der Waals surface area contributed by atoms with Gasteiger partial charge in [0.15, 0.2) is 11.0 Å². The van der Waals surface area contributed by atoms with Crippen molar-refractivity contribution in [2.45, 2.75) is 23.5 Å². The van der Waals surface area contributed by atoms with E-state index in [1.54, 1.807) is 19.2 Å². The molecule has 3 aromatic rings. The molecule has 1 heterocycles. The van der Waals surface area contributed by atoms with E-state index in [0.717, 1.165) is 9.87 Å². The number of ether oxygens (including phenoxy) is 1. The van der Waals surface area contributed by atoms with Crippen LogP contribution in [0.2, 0.25) is 0 Å². The SMILES string of the molecule is CCn1c(SCC(=O)Nc2cccc(S(=O)(=O)N(C)C)c2)nnc1-c1ccccc1OC. The molecule has 0 unspecified atom stereocenters. The smallest absolute Gasteiger partial charge is 0.242 e. The first kappa shape index (κ1) is 23.8. The summed E-state index contributed by atoms with van der Waals surface area (Å²) in [6.45, 7) is 2.60. The van der Waals surface area contributed by atoms with Gasteiger partial charge in [-0.3, -0.25) is 4.79 Å². The van der Waals surface area contributed by atoms with Crippen LogP contribution < -0.4 is 10.1 Å². The first-order chi connectivity index (χ1) is 15.3. The third-order valence-electron chi connectivity index (χ3n) is 4.61. The average Bonchev–Trinajstić information content (AvgIpc) is 3.20. The van der Waals surface area contributed by atoms with Crippen molar-refractivity contribution in [1.29, 1.82) is 0 Å². The highest BCUT2D eigenvalue weighted by Crippen LogP contribution is 2.30. The van der Waals surface area contributed by atoms with Crippen LogP contribution >= 0.6 is 11.8 Å². The summed E-state index contributed by atoms with van der Waals surface area (Å²) in [4.78, 5) is 12.6. The molecule has 1 N–H and O–H groups in total. The molecule has 0 saturated heterocycles. The van der Waals surface area contributed by atoms with Gasteiger partial charge in [0.2, 0.25) is 15.9 Å². The lowest BCUT2D eigenvalue weighted by Crippen LogP contribution is -2.22. The van der Waals surface area contributed by atoms with Gasteiger partial charge in [-0.05, 0) is 37.3 Å². The van der Waals surface area contributed by atoms with Crippen LogP contribution in [0.5, 0.6) is 5.75 Å². The number of nitrogens with one attached hydrogen (secondary N) is 1. The van der Waals surface area contributed by atoms with Crippen molar-refractivity contribution in [3.05, 3.63) is 48.5 Å². The Morgan fingerprint density at radius 3 is 2.59 bits per heavy atom. The molecule has 0 aliphatic heterocycles. The van der Waals surface area contributed by atoms with Gasteiger partial charge in [-0.2, -0.15) is 0 Å². The van der Waals surface area contributed by atoms with Crippen molar-refractivity contribution in [2.75, 3.05) is 32.3 Å². The van der Waals surface area contributed by atoms with E-state index in [9.17, 15) is 13.2 Å². The second kappa shape index (κ2) is 10.2. The molecule has 0 bridgehead atoms. The Hall–Kier alpha value is -2.89. The van der Waals surface area contributed by atoms with E-state index in [4.69, 9.17) is 4.74 Å². The topological polar surface area (TPSA) is 106 Å². The Morgan fingerprint density at radius 1 is 1.16 bits per heavy atom. The highest BCUT2D eigenvalue weighted by molar-refractivity contribution is 7.99. The summed E-state index contributed by atoms with van der Waals surface area (Å²) in [7, 11) is 0.935. The molecule has 0 aliphatic carbocycles. The number of hydrogen-bond donors (Lipinski definition) is 1. The zero-order valence-corrected chi connectivity index (χ0v) is 19.9. The van der Waals surface area contributed by atoms with Crippen molar-refractivity contribution in [3.8, 4) is 17.1 Å². The molecule has 0 radical (unpaired) electrons. The summed E-state index contributed by atoms with van der Waals surface area (Å²) in [5.41, 5.74) is 1.23. The number of nitrogens with zero attached hydrogens (tertiary/aromatic N) is 4. The molecule has 2 aromatic carbocycles. The normalized spacial score (nSPS) is 11.5. The summed E-state index contributed by atoms with van der Waals surface area (Å²) in [6, 6.07) is 13.7. The molecule has 1 aromatic heterocycles. The van der Waals surface area contributed by atoms with Gasteiger partial charge >= 0.3 is 0 Å². The molecule has 11 heteroatoms. The molecular formula is C21H25N5O4S2. The Kier molecular flexibility index (Phi) is 7.54. The molecule has 3 rings (SSSR count). The molecule has 0 saturated carbocycles. The number of para-hydroxylation sites is 1. The van der Waals surface area contributed by atoms with Gasteiger partial charge in [0.05, 0.1) is 23.3 Å². The number of aromatic nitrogens is 3. The molecule has 0 fully saturated rings. The van der Waals surface area contributed by atoms with Crippen LogP contribution in [0, 0.1) is 0 Å². The van der Waals surface area contributed by atoms with Crippen LogP contribution in [0.15, 0.2) is 58.6 Å². The maximum Gasteiger partial charge on any atom is 0.242 e. The Bertz CT molecular complexity index is 1210. The van der Waals surface area contributed by atoms with Gasteiger partial charge < -0.3 is 14.6 Å². The molecule has 0 spiro atoms. The zero-order chi connectivity index (χ0) is 23.3. The standard InChI is InChI=1S/C21H25N5O4S2/c1-5-26-20(17-11-6-7-12-18(17)30-4)23-24-21(26)31-14-19(27)22-15-9-8-10-16(13-15)32(28,29)25(2)3/h6-13H,5,14H2,1-4H3,(H,22,27). The van der Waals surface area contributed by atoms with Crippen LogP contribution in [0.25, 0.3) is 11.4 Å². The number of thioether (sulfide) groups is 1. The number of carbonyl (C=O) groups excluding carboxylic acids is 1. The lowest BCUT2D eigenvalue weighted by atomic mass is 10.2. The number of rotatable bonds is 9. The highest BCUT2D eigenvalue weighted by Gasteiger charge is 2.19. The van der Waals surface area contributed by atoms with E-state index in [0.29, 0.717) is 29.0 Å². The van der Waals surface area contributed by atoms with Gasteiger partial charge in [-0.1, -0.05) is 30.0 Å². The number of methoxy groups -OCH3 is 1. The minimum Gasteiger partial charge on any atom is -0.496 e. The van der Waals surface area contributed by atoms with Gasteiger partial charge in [-0.25, -0.2) is 12.7 Å². The van der Waals surface area contributed by atoms with Crippen LogP contribution in [0.1, 0.15) is 6.92 Å². The van der Waals surface area contributed by atoms with Crippen molar-refractivity contribution in [1.82, 2.24) is 19.1 Å². The van der Waals surface area contributed by atoms with E-state index in [1.807, 2.05) is 35.8 Å². The van der Waals surface area contributed by atoms with E-state index in [1.165, 1.54) is 38.0 Å². The Morgan fingerprint density at radius 2 is 1.91 bits per heavy atom. The van der Waals surface area contributed by atoms with Crippen LogP contribution in [0.4, 0.5) is 5.69 Å². The fourth-order valence-corrected chi connectivity index (χ4v) is 4.73. The van der Waals surface area contributed by atoms with Gasteiger partial charge in [0.25, 0.3) is 0 Å². The van der Waals surface area contributed by atoms with Gasteiger partial charge in [-0.15, -0.1) is 10.2 Å². The highest BCUT2D eigenvalue weighted by atomic mass is 32.2. The van der Waals surface area contributed by atoms with Crippen molar-refractivity contribution in [2.24, 2.45) is 0 Å². The predicted molar refractivity (Wildman–Crippen MR) is 124 cm³/mol. The Balaban J connectivity index is 1.72. The first-order valence-corrected chi connectivity index (χ1v) is 12.2. The first-order valence-electron chi connectivity index (χ1n) is 9.79. The minimum atomic E-state index is -3.58. The summed E-state index contributed by atoms with van der Waals surface area (Å²) < 4.78 is 33.1. The number of hydrogen-bond acceptors (Lipinski definition) is 7. The van der Waals surface area contributed by atoms with E-state index < -0.39 is 10.0 Å². The monoisotopic (exact) mass is 475 g/mol. The quantitative estimate of drug-likeness (QED) is 0.474. The number of sulfonamides is 1. The largest absolute Gasteiger partial charge is 0.496 e. The van der Waals surface area contributed by atoms with Gasteiger partial charge in [0.1, 0.15) is 5.75 Å². The molecule has 0 atom stereocenters. The fourth-order valence-electron chi connectivity index (χ4n) is 2.98. The van der Waals surface area contributed by atoms with E-state index in [2.05, 4.69) is 15.5 Å². The van der Waals surface area contributed by atoms with E-state index in [-0.39, 0.29) is 16.6 Å². The summed E-state index contributed by atoms with van der Waals surface area (Å²) >= 11 is 1.25. The molecule has 9 nitrogen and oxygen atoms in total. The second-order valence-electron chi connectivity index (χ2n) is 6.90. The lowest BCUT2D eigenvalue weighted by molar-refractivity contribution is -0.113. The van der Waals surface area contributed by atoms with Gasteiger partial charge in [0, 0.05) is 26.3 Å². The van der Waals surface area contributed by atoms with Crippen molar-refractivity contribution < 1.29 is 17.9 Å². The third kappa shape index (κ3) is 5.12. The molecule has 1 amide bonds. The van der Waals surface area contributed by atoms with Crippen LogP contribution in [-0.4, -0.2) is 60.4 Å². The maximum atomic E-state index is 12.5. The molecule has 170 valence electrons. The van der Waals surface area contributed by atoms with Crippen molar-refractivity contribution in [3.63, 3.8) is 0 Å². The second-order valence-corrected chi connectivity index (χ2v) is 10.00. The molecular weight excluding hydrogens is 450 g/mol. The fraction of sp³-hybridized carbons (Fsp3) is 0.286. The van der Waals surface area contributed by atoms with Crippen LogP contribution in [0.3, 0.4) is 0 Å². The average molecular weight is 476 g/mol. The third-order valence-corrected chi connectivity index (χ3v) is 7.39. The molecule has 32 heavy (non-hydrogen) atoms. The lowest BCUT2D eigenvalue weighted by Gasteiger charge is -2.13. The summed E-state index contributed by atoms with van der Waals surface area (Å²) in [6.07, 6.45) is 0. The molecule has 0 aliphatic rings. The van der Waals surface area contributed by atoms with E-state index >= 15 is 0 Å².